The highest BCUT2D eigenvalue weighted by atomic mass is 31.2. The molecule has 0 fully saturated rings. The fourth-order valence-electron chi connectivity index (χ4n) is 2.51. The molecule has 0 aromatic heterocycles. The van der Waals surface area contributed by atoms with E-state index in [1.807, 2.05) is 30.3 Å². The third-order valence-electron chi connectivity index (χ3n) is 3.40. The molecule has 21 heavy (non-hydrogen) atoms. The zero-order valence-corrected chi connectivity index (χ0v) is 12.1. The minimum Gasteiger partial charge on any atom is -0.485 e. The molecular weight excluding hydrogens is 291 g/mol. The molecule has 0 amide bonds. The first-order valence-corrected chi connectivity index (χ1v) is 8.14. The lowest BCUT2D eigenvalue weighted by molar-refractivity contribution is 0.175. The largest absolute Gasteiger partial charge is 0.524 e. The van der Waals surface area contributed by atoms with Crippen LogP contribution in [0.25, 0.3) is 0 Å². The number of hydrogen-bond acceptors (Lipinski definition) is 3. The third kappa shape index (κ3) is 3.27. The summed E-state index contributed by atoms with van der Waals surface area (Å²) in [5.74, 6) is 0.799. The van der Waals surface area contributed by atoms with Gasteiger partial charge in [0.15, 0.2) is 0 Å². The molecule has 1 aliphatic rings. The molecule has 2 aromatic carbocycles. The molecular formula is C15H15O5P. The van der Waals surface area contributed by atoms with Crippen molar-refractivity contribution in [2.45, 2.75) is 18.9 Å². The topological polar surface area (TPSA) is 76.0 Å². The Morgan fingerprint density at radius 3 is 2.57 bits per heavy atom. The van der Waals surface area contributed by atoms with E-state index in [4.69, 9.17) is 19.0 Å². The zero-order chi connectivity index (χ0) is 14.9. The van der Waals surface area contributed by atoms with Crippen molar-refractivity contribution in [2.75, 3.05) is 0 Å². The van der Waals surface area contributed by atoms with Crippen molar-refractivity contribution in [1.82, 2.24) is 0 Å². The van der Waals surface area contributed by atoms with E-state index in [-0.39, 0.29) is 11.9 Å². The summed E-state index contributed by atoms with van der Waals surface area (Å²) in [4.78, 5) is 17.9. The van der Waals surface area contributed by atoms with E-state index in [0.717, 1.165) is 12.0 Å². The van der Waals surface area contributed by atoms with Crippen LogP contribution in [0.15, 0.2) is 48.5 Å². The van der Waals surface area contributed by atoms with Crippen molar-refractivity contribution in [3.05, 3.63) is 59.7 Å². The van der Waals surface area contributed by atoms with E-state index in [1.54, 1.807) is 18.2 Å². The molecule has 110 valence electrons. The molecule has 0 saturated heterocycles. The van der Waals surface area contributed by atoms with Gasteiger partial charge in [0.1, 0.15) is 17.6 Å². The molecule has 6 heteroatoms. The van der Waals surface area contributed by atoms with Gasteiger partial charge in [-0.05, 0) is 30.5 Å². The Kier molecular flexibility index (Phi) is 3.72. The highest BCUT2D eigenvalue weighted by Crippen LogP contribution is 2.45. The Morgan fingerprint density at radius 2 is 1.86 bits per heavy atom. The van der Waals surface area contributed by atoms with Gasteiger partial charge in [-0.1, -0.05) is 36.4 Å². The van der Waals surface area contributed by atoms with Crippen LogP contribution in [0.2, 0.25) is 0 Å². The van der Waals surface area contributed by atoms with E-state index in [0.29, 0.717) is 17.7 Å². The number of phosphoric ester groups is 1. The maximum atomic E-state index is 11.0. The Bertz CT molecular complexity index is 680. The van der Waals surface area contributed by atoms with Crippen LogP contribution in [-0.4, -0.2) is 9.79 Å². The highest BCUT2D eigenvalue weighted by Gasteiger charge is 2.26. The van der Waals surface area contributed by atoms with Crippen LogP contribution in [-0.2, 0) is 11.0 Å². The Hall–Kier alpha value is -1.81. The predicted molar refractivity (Wildman–Crippen MR) is 77.2 cm³/mol. The number of ether oxygens (including phenoxy) is 1. The van der Waals surface area contributed by atoms with Crippen molar-refractivity contribution in [2.24, 2.45) is 0 Å². The van der Waals surface area contributed by atoms with Crippen molar-refractivity contribution in [3.63, 3.8) is 0 Å². The second-order valence-electron chi connectivity index (χ2n) is 4.87. The van der Waals surface area contributed by atoms with Crippen LogP contribution >= 0.6 is 7.82 Å². The molecule has 1 unspecified atom stereocenters. The minimum absolute atomic E-state index is 0.0518. The van der Waals surface area contributed by atoms with Gasteiger partial charge in [-0.3, -0.25) is 9.79 Å². The van der Waals surface area contributed by atoms with Gasteiger partial charge in [0.25, 0.3) is 0 Å². The fraction of sp³-hybridized carbons (Fsp3) is 0.200. The lowest BCUT2D eigenvalue weighted by atomic mass is 9.97. The smallest absolute Gasteiger partial charge is 0.485 e. The van der Waals surface area contributed by atoms with Crippen molar-refractivity contribution >= 4 is 7.82 Å². The number of benzene rings is 2. The molecule has 0 radical (unpaired) electrons. The van der Waals surface area contributed by atoms with Gasteiger partial charge < -0.3 is 9.26 Å². The quantitative estimate of drug-likeness (QED) is 0.851. The second-order valence-corrected chi connectivity index (χ2v) is 6.03. The van der Waals surface area contributed by atoms with E-state index in [1.165, 1.54) is 0 Å². The first-order valence-electron chi connectivity index (χ1n) is 6.61. The summed E-state index contributed by atoms with van der Waals surface area (Å²) in [6.07, 6.45) is 1.33. The maximum Gasteiger partial charge on any atom is 0.524 e. The summed E-state index contributed by atoms with van der Waals surface area (Å²) < 4.78 is 21.7. The molecule has 0 saturated carbocycles. The third-order valence-corrected chi connectivity index (χ3v) is 3.84. The van der Waals surface area contributed by atoms with Crippen LogP contribution in [0.5, 0.6) is 11.5 Å². The van der Waals surface area contributed by atoms with Crippen LogP contribution in [0.4, 0.5) is 0 Å². The summed E-state index contributed by atoms with van der Waals surface area (Å²) in [5, 5.41) is 0. The first kappa shape index (κ1) is 14.1. The molecule has 2 N–H and O–H groups in total. The Morgan fingerprint density at radius 1 is 1.10 bits per heavy atom. The van der Waals surface area contributed by atoms with Gasteiger partial charge in [-0.15, -0.1) is 0 Å². The van der Waals surface area contributed by atoms with Gasteiger partial charge in [0.05, 0.1) is 0 Å². The summed E-state index contributed by atoms with van der Waals surface area (Å²) >= 11 is 0. The van der Waals surface area contributed by atoms with Gasteiger partial charge in [0, 0.05) is 5.56 Å². The van der Waals surface area contributed by atoms with Crippen molar-refractivity contribution in [1.29, 1.82) is 0 Å². The molecule has 5 nitrogen and oxygen atoms in total. The van der Waals surface area contributed by atoms with E-state index in [2.05, 4.69) is 0 Å². The lowest BCUT2D eigenvalue weighted by Gasteiger charge is -2.27. The molecule has 1 aliphatic heterocycles. The van der Waals surface area contributed by atoms with Gasteiger partial charge in [0.2, 0.25) is 0 Å². The fourth-order valence-corrected chi connectivity index (χ4v) is 2.93. The molecule has 0 spiro atoms. The minimum atomic E-state index is -4.56. The van der Waals surface area contributed by atoms with Crippen LogP contribution in [0.1, 0.15) is 23.7 Å². The number of fused-ring (bicyclic) bond motifs is 1. The Balaban J connectivity index is 1.88. The monoisotopic (exact) mass is 306 g/mol. The highest BCUT2D eigenvalue weighted by molar-refractivity contribution is 7.46. The lowest BCUT2D eigenvalue weighted by Crippen LogP contribution is -2.15. The van der Waals surface area contributed by atoms with Gasteiger partial charge in [-0.25, -0.2) is 4.57 Å². The maximum absolute atomic E-state index is 11.0. The summed E-state index contributed by atoms with van der Waals surface area (Å²) in [7, 11) is -4.56. The average molecular weight is 306 g/mol. The summed E-state index contributed by atoms with van der Waals surface area (Å²) in [5.41, 5.74) is 1.79. The predicted octanol–water partition coefficient (Wildman–Crippen LogP) is 3.22. The van der Waals surface area contributed by atoms with Gasteiger partial charge in [-0.2, -0.15) is 0 Å². The molecule has 0 aliphatic carbocycles. The van der Waals surface area contributed by atoms with Gasteiger partial charge >= 0.3 is 7.82 Å². The molecule has 2 aromatic rings. The Labute approximate surface area is 122 Å². The number of hydrogen-bond donors (Lipinski definition) is 2. The van der Waals surface area contributed by atoms with Crippen LogP contribution < -0.4 is 9.26 Å². The standard InChI is InChI=1S/C15H15O5P/c16-21(17,18)20-15-8-4-7-14-12(15)9-10-13(19-14)11-5-2-1-3-6-11/h1-8,13H,9-10H2,(H2,16,17,18). The normalized spacial score (nSPS) is 17.7. The van der Waals surface area contributed by atoms with E-state index >= 15 is 0 Å². The first-order chi connectivity index (χ1) is 10.0. The summed E-state index contributed by atoms with van der Waals surface area (Å²) in [6.45, 7) is 0. The molecule has 3 rings (SSSR count). The zero-order valence-electron chi connectivity index (χ0n) is 11.2. The average Bonchev–Trinajstić information content (AvgIpc) is 2.46. The second kappa shape index (κ2) is 5.53. The molecule has 1 atom stereocenters. The summed E-state index contributed by atoms with van der Waals surface area (Å²) in [6, 6.07) is 14.9. The van der Waals surface area contributed by atoms with Crippen LogP contribution in [0, 0.1) is 0 Å². The molecule has 0 bridgehead atoms. The SMILES string of the molecule is O=P(O)(O)Oc1cccc2c1CCC(c1ccccc1)O2. The van der Waals surface area contributed by atoms with Crippen LogP contribution in [0.3, 0.4) is 0 Å². The molecule has 1 heterocycles. The number of rotatable bonds is 3. The van der Waals surface area contributed by atoms with E-state index in [9.17, 15) is 4.57 Å². The van der Waals surface area contributed by atoms with E-state index < -0.39 is 7.82 Å². The van der Waals surface area contributed by atoms with Crippen molar-refractivity contribution < 1.29 is 23.6 Å². The number of phosphoric acid groups is 1. The van der Waals surface area contributed by atoms with Crippen molar-refractivity contribution in [3.8, 4) is 11.5 Å².